The van der Waals surface area contributed by atoms with Crippen LogP contribution in [0.3, 0.4) is 0 Å². The number of hydrogen-bond donors (Lipinski definition) is 1. The van der Waals surface area contributed by atoms with Gasteiger partial charge in [-0.1, -0.05) is 0 Å². The number of phenolic OH excluding ortho intramolecular Hbond substituents is 1. The van der Waals surface area contributed by atoms with Crippen LogP contribution in [0.5, 0.6) is 11.5 Å². The van der Waals surface area contributed by atoms with Crippen molar-refractivity contribution in [1.29, 1.82) is 0 Å². The lowest BCUT2D eigenvalue weighted by molar-refractivity contribution is 0.296. The number of ether oxygens (including phenoxy) is 1. The first-order valence-corrected chi connectivity index (χ1v) is 4.36. The quantitative estimate of drug-likeness (QED) is 0.777. The van der Waals surface area contributed by atoms with Crippen molar-refractivity contribution in [2.45, 2.75) is 12.8 Å². The Morgan fingerprint density at radius 2 is 2.15 bits per heavy atom. The van der Waals surface area contributed by atoms with Crippen molar-refractivity contribution in [1.82, 2.24) is 0 Å². The maximum absolute atomic E-state index is 12.7. The van der Waals surface area contributed by atoms with Gasteiger partial charge in [0.15, 0.2) is 0 Å². The Morgan fingerprint density at radius 1 is 1.38 bits per heavy atom. The topological polar surface area (TPSA) is 29.5 Å². The molecular formula is C10H11FO2. The van der Waals surface area contributed by atoms with E-state index < -0.39 is 5.82 Å². The molecule has 0 saturated heterocycles. The van der Waals surface area contributed by atoms with Crippen LogP contribution in [-0.2, 0) is 0 Å². The van der Waals surface area contributed by atoms with E-state index in [9.17, 15) is 4.39 Å². The molecule has 0 heterocycles. The third-order valence-corrected chi connectivity index (χ3v) is 2.04. The van der Waals surface area contributed by atoms with Gasteiger partial charge in [-0.2, -0.15) is 0 Å². The summed E-state index contributed by atoms with van der Waals surface area (Å²) >= 11 is 0. The van der Waals surface area contributed by atoms with Gasteiger partial charge in [0.05, 0.1) is 6.61 Å². The first-order chi connectivity index (χ1) is 6.24. The molecule has 1 aromatic carbocycles. The first-order valence-electron chi connectivity index (χ1n) is 4.36. The van der Waals surface area contributed by atoms with Crippen LogP contribution >= 0.6 is 0 Å². The number of phenols is 1. The second-order valence-electron chi connectivity index (χ2n) is 3.40. The van der Waals surface area contributed by atoms with E-state index in [4.69, 9.17) is 9.84 Å². The molecule has 0 bridgehead atoms. The van der Waals surface area contributed by atoms with E-state index in [1.165, 1.54) is 25.0 Å². The lowest BCUT2D eigenvalue weighted by atomic mass is 10.3. The number of aromatic hydroxyl groups is 1. The van der Waals surface area contributed by atoms with Gasteiger partial charge >= 0.3 is 0 Å². The standard InChI is InChI=1S/C10H11FO2/c11-8-3-9(12)5-10(4-8)13-6-7-1-2-7/h3-5,7,12H,1-2,6H2. The minimum atomic E-state index is -0.467. The highest BCUT2D eigenvalue weighted by atomic mass is 19.1. The van der Waals surface area contributed by atoms with E-state index in [-0.39, 0.29) is 5.75 Å². The summed E-state index contributed by atoms with van der Waals surface area (Å²) in [5, 5.41) is 9.05. The number of rotatable bonds is 3. The fourth-order valence-corrected chi connectivity index (χ4v) is 1.13. The number of benzene rings is 1. The van der Waals surface area contributed by atoms with Gasteiger partial charge in [0.25, 0.3) is 0 Å². The Morgan fingerprint density at radius 3 is 2.77 bits per heavy atom. The highest BCUT2D eigenvalue weighted by Crippen LogP contribution is 2.30. The fraction of sp³-hybridized carbons (Fsp3) is 0.400. The van der Waals surface area contributed by atoms with Crippen molar-refractivity contribution in [3.63, 3.8) is 0 Å². The van der Waals surface area contributed by atoms with Crippen molar-refractivity contribution in [3.8, 4) is 11.5 Å². The molecule has 2 nitrogen and oxygen atoms in total. The summed E-state index contributed by atoms with van der Waals surface area (Å²) < 4.78 is 18.0. The summed E-state index contributed by atoms with van der Waals surface area (Å²) in [5.41, 5.74) is 0. The molecule has 1 N–H and O–H groups in total. The van der Waals surface area contributed by atoms with Crippen LogP contribution in [0.4, 0.5) is 4.39 Å². The van der Waals surface area contributed by atoms with Gasteiger partial charge in [0.1, 0.15) is 17.3 Å². The van der Waals surface area contributed by atoms with Gasteiger partial charge < -0.3 is 9.84 Å². The van der Waals surface area contributed by atoms with Gasteiger partial charge in [-0.3, -0.25) is 0 Å². The first kappa shape index (κ1) is 8.35. The molecule has 70 valence electrons. The second kappa shape index (κ2) is 3.24. The van der Waals surface area contributed by atoms with Crippen LogP contribution in [0.15, 0.2) is 18.2 Å². The predicted octanol–water partition coefficient (Wildman–Crippen LogP) is 2.32. The van der Waals surface area contributed by atoms with Crippen molar-refractivity contribution < 1.29 is 14.2 Å². The van der Waals surface area contributed by atoms with E-state index in [0.29, 0.717) is 18.3 Å². The van der Waals surface area contributed by atoms with E-state index in [1.54, 1.807) is 0 Å². The zero-order valence-corrected chi connectivity index (χ0v) is 7.16. The summed E-state index contributed by atoms with van der Waals surface area (Å²) in [4.78, 5) is 0. The van der Waals surface area contributed by atoms with Gasteiger partial charge in [-0.25, -0.2) is 4.39 Å². The SMILES string of the molecule is Oc1cc(F)cc(OCC2CC2)c1. The van der Waals surface area contributed by atoms with Crippen molar-refractivity contribution in [3.05, 3.63) is 24.0 Å². The molecule has 0 radical (unpaired) electrons. The van der Waals surface area contributed by atoms with E-state index >= 15 is 0 Å². The molecule has 1 aliphatic rings. The maximum atomic E-state index is 12.7. The molecule has 3 heteroatoms. The molecule has 0 aliphatic heterocycles. The van der Waals surface area contributed by atoms with Gasteiger partial charge in [0.2, 0.25) is 0 Å². The Kier molecular flexibility index (Phi) is 2.08. The normalized spacial score (nSPS) is 15.8. The molecular weight excluding hydrogens is 171 g/mol. The highest BCUT2D eigenvalue weighted by Gasteiger charge is 2.21. The molecule has 0 amide bonds. The summed E-state index contributed by atoms with van der Waals surface area (Å²) in [5.74, 6) is 0.478. The van der Waals surface area contributed by atoms with Crippen LogP contribution in [0, 0.1) is 11.7 Å². The van der Waals surface area contributed by atoms with E-state index in [2.05, 4.69) is 0 Å². The largest absolute Gasteiger partial charge is 0.508 e. The Hall–Kier alpha value is -1.25. The van der Waals surface area contributed by atoms with Crippen molar-refractivity contribution >= 4 is 0 Å². The zero-order valence-electron chi connectivity index (χ0n) is 7.16. The van der Waals surface area contributed by atoms with Gasteiger partial charge in [0, 0.05) is 18.2 Å². The number of halogens is 1. The highest BCUT2D eigenvalue weighted by molar-refractivity contribution is 5.32. The van der Waals surface area contributed by atoms with Crippen LogP contribution in [-0.4, -0.2) is 11.7 Å². The van der Waals surface area contributed by atoms with Crippen molar-refractivity contribution in [2.75, 3.05) is 6.61 Å². The molecule has 1 aromatic rings. The molecule has 2 rings (SSSR count). The summed E-state index contributed by atoms with van der Waals surface area (Å²) in [7, 11) is 0. The summed E-state index contributed by atoms with van der Waals surface area (Å²) in [6.45, 7) is 0.628. The lowest BCUT2D eigenvalue weighted by Crippen LogP contribution is -1.98. The van der Waals surface area contributed by atoms with Crippen LogP contribution in [0.2, 0.25) is 0 Å². The van der Waals surface area contributed by atoms with E-state index in [0.717, 1.165) is 6.07 Å². The van der Waals surface area contributed by atoms with Crippen LogP contribution < -0.4 is 4.74 Å². The average Bonchev–Trinajstić information content (AvgIpc) is 2.81. The molecule has 0 spiro atoms. The molecule has 0 aromatic heterocycles. The minimum Gasteiger partial charge on any atom is -0.508 e. The Balaban J connectivity index is 2.01. The monoisotopic (exact) mass is 182 g/mol. The lowest BCUT2D eigenvalue weighted by Gasteiger charge is -2.05. The molecule has 1 aliphatic carbocycles. The molecule has 13 heavy (non-hydrogen) atoms. The van der Waals surface area contributed by atoms with Crippen LogP contribution in [0.1, 0.15) is 12.8 Å². The minimum absolute atomic E-state index is 0.0919. The average molecular weight is 182 g/mol. The third-order valence-electron chi connectivity index (χ3n) is 2.04. The predicted molar refractivity (Wildman–Crippen MR) is 46.3 cm³/mol. The smallest absolute Gasteiger partial charge is 0.130 e. The zero-order chi connectivity index (χ0) is 9.26. The molecule has 1 saturated carbocycles. The van der Waals surface area contributed by atoms with Gasteiger partial charge in [-0.15, -0.1) is 0 Å². The molecule has 0 atom stereocenters. The van der Waals surface area contributed by atoms with E-state index in [1.807, 2.05) is 0 Å². The Bertz CT molecular complexity index is 288. The Labute approximate surface area is 76.0 Å². The summed E-state index contributed by atoms with van der Waals surface area (Å²) in [6, 6.07) is 3.76. The molecule has 0 unspecified atom stereocenters. The molecule has 1 fully saturated rings. The fourth-order valence-electron chi connectivity index (χ4n) is 1.13. The summed E-state index contributed by atoms with van der Waals surface area (Å²) in [6.07, 6.45) is 2.39. The number of hydrogen-bond acceptors (Lipinski definition) is 2. The second-order valence-corrected chi connectivity index (χ2v) is 3.40. The third kappa shape index (κ3) is 2.34. The van der Waals surface area contributed by atoms with Crippen LogP contribution in [0.25, 0.3) is 0 Å². The van der Waals surface area contributed by atoms with Crippen molar-refractivity contribution in [2.24, 2.45) is 5.92 Å². The van der Waals surface area contributed by atoms with Gasteiger partial charge in [-0.05, 0) is 18.8 Å². The maximum Gasteiger partial charge on any atom is 0.130 e.